The topological polar surface area (TPSA) is 20.2 Å². The summed E-state index contributed by atoms with van der Waals surface area (Å²) in [6.07, 6.45) is -0.593. The smallest absolute Gasteiger partial charge is 0.106 e. The van der Waals surface area contributed by atoms with Crippen LogP contribution in [0, 0.1) is 0 Å². The average Bonchev–Trinajstić information content (AvgIpc) is 2.58. The lowest BCUT2D eigenvalue weighted by molar-refractivity contribution is 0.220. The van der Waals surface area contributed by atoms with Gasteiger partial charge in [-0.3, -0.25) is 0 Å². The van der Waals surface area contributed by atoms with E-state index in [9.17, 15) is 5.11 Å². The predicted molar refractivity (Wildman–Crippen MR) is 77.9 cm³/mol. The molecule has 1 unspecified atom stereocenters. The third-order valence-electron chi connectivity index (χ3n) is 2.16. The van der Waals surface area contributed by atoms with E-state index in [-0.39, 0.29) is 0 Å². The van der Waals surface area contributed by atoms with E-state index in [1.54, 1.807) is 11.3 Å². The summed E-state index contributed by atoms with van der Waals surface area (Å²) < 4.78 is 2.97. The molecule has 1 nitrogen and oxygen atoms in total. The standard InChI is InChI=1S/C11H7Br3OS/c12-7-3-1-6(2-4-7)10(15)8-5-9(13)16-11(8)14/h1-5,10,15H. The lowest BCUT2D eigenvalue weighted by atomic mass is 10.1. The van der Waals surface area contributed by atoms with Crippen molar-refractivity contribution >= 4 is 59.1 Å². The van der Waals surface area contributed by atoms with E-state index in [2.05, 4.69) is 47.8 Å². The molecule has 1 aromatic heterocycles. The van der Waals surface area contributed by atoms with E-state index < -0.39 is 6.10 Å². The van der Waals surface area contributed by atoms with Gasteiger partial charge in [-0.2, -0.15) is 0 Å². The van der Waals surface area contributed by atoms with Gasteiger partial charge in [-0.25, -0.2) is 0 Å². The maximum atomic E-state index is 10.2. The summed E-state index contributed by atoms with van der Waals surface area (Å²) in [6.45, 7) is 0. The van der Waals surface area contributed by atoms with Crippen molar-refractivity contribution in [2.75, 3.05) is 0 Å². The van der Waals surface area contributed by atoms with E-state index in [0.29, 0.717) is 0 Å². The zero-order valence-electron chi connectivity index (χ0n) is 7.95. The number of benzene rings is 1. The highest BCUT2D eigenvalue weighted by atomic mass is 79.9. The summed E-state index contributed by atoms with van der Waals surface area (Å²) in [7, 11) is 0. The molecule has 0 spiro atoms. The third kappa shape index (κ3) is 2.76. The molecule has 1 atom stereocenters. The maximum absolute atomic E-state index is 10.2. The van der Waals surface area contributed by atoms with Crippen LogP contribution in [0.4, 0.5) is 0 Å². The molecule has 0 fully saturated rings. The SMILES string of the molecule is OC(c1ccc(Br)cc1)c1cc(Br)sc1Br. The number of aliphatic hydroxyl groups excluding tert-OH is 1. The van der Waals surface area contributed by atoms with Gasteiger partial charge in [0.1, 0.15) is 6.10 Å². The zero-order chi connectivity index (χ0) is 11.7. The average molecular weight is 427 g/mol. The van der Waals surface area contributed by atoms with Gasteiger partial charge in [-0.1, -0.05) is 28.1 Å². The van der Waals surface area contributed by atoms with Crippen LogP contribution < -0.4 is 0 Å². The normalized spacial score (nSPS) is 12.8. The van der Waals surface area contributed by atoms with Gasteiger partial charge in [-0.05, 0) is 55.6 Å². The van der Waals surface area contributed by atoms with Crippen molar-refractivity contribution in [2.45, 2.75) is 6.10 Å². The molecule has 1 heterocycles. The fourth-order valence-corrected chi connectivity index (χ4v) is 4.51. The summed E-state index contributed by atoms with van der Waals surface area (Å²) >= 11 is 11.8. The van der Waals surface area contributed by atoms with E-state index in [1.165, 1.54) is 0 Å². The third-order valence-corrected chi connectivity index (χ3v) is 5.08. The summed E-state index contributed by atoms with van der Waals surface area (Å²) in [5, 5.41) is 10.2. The molecule has 0 aliphatic rings. The highest BCUT2D eigenvalue weighted by molar-refractivity contribution is 9.12. The van der Waals surface area contributed by atoms with Gasteiger partial charge in [0.25, 0.3) is 0 Å². The van der Waals surface area contributed by atoms with Gasteiger partial charge >= 0.3 is 0 Å². The Balaban J connectivity index is 2.35. The molecule has 0 amide bonds. The zero-order valence-corrected chi connectivity index (χ0v) is 13.5. The van der Waals surface area contributed by atoms with Gasteiger partial charge in [-0.15, -0.1) is 11.3 Å². The number of halogens is 3. The minimum Gasteiger partial charge on any atom is -0.384 e. The number of hydrogen-bond acceptors (Lipinski definition) is 2. The first-order valence-electron chi connectivity index (χ1n) is 4.46. The van der Waals surface area contributed by atoms with Crippen molar-refractivity contribution in [2.24, 2.45) is 0 Å². The molecule has 0 aliphatic carbocycles. The van der Waals surface area contributed by atoms with Crippen LogP contribution in [-0.2, 0) is 0 Å². The van der Waals surface area contributed by atoms with Crippen molar-refractivity contribution in [3.05, 3.63) is 53.5 Å². The summed E-state index contributed by atoms with van der Waals surface area (Å²) in [4.78, 5) is 0. The van der Waals surface area contributed by atoms with E-state index in [1.807, 2.05) is 30.3 Å². The van der Waals surface area contributed by atoms with Gasteiger partial charge in [0.05, 0.1) is 7.57 Å². The van der Waals surface area contributed by atoms with Crippen LogP contribution in [0.15, 0.2) is 42.4 Å². The quantitative estimate of drug-likeness (QED) is 0.706. The van der Waals surface area contributed by atoms with Crippen molar-refractivity contribution in [1.29, 1.82) is 0 Å². The Kier molecular flexibility index (Phi) is 4.24. The van der Waals surface area contributed by atoms with E-state index in [4.69, 9.17) is 0 Å². The van der Waals surface area contributed by atoms with E-state index >= 15 is 0 Å². The summed E-state index contributed by atoms with van der Waals surface area (Å²) in [6, 6.07) is 9.60. The number of aliphatic hydroxyl groups is 1. The van der Waals surface area contributed by atoms with Crippen molar-refractivity contribution in [3.63, 3.8) is 0 Å². The second-order valence-electron chi connectivity index (χ2n) is 3.23. The second kappa shape index (κ2) is 5.31. The Morgan fingerprint density at radius 2 is 1.69 bits per heavy atom. The van der Waals surface area contributed by atoms with Crippen LogP contribution in [0.1, 0.15) is 17.2 Å². The van der Waals surface area contributed by atoms with Crippen LogP contribution in [0.3, 0.4) is 0 Å². The lowest BCUT2D eigenvalue weighted by Crippen LogP contribution is -1.98. The largest absolute Gasteiger partial charge is 0.384 e. The van der Waals surface area contributed by atoms with Crippen LogP contribution in [0.5, 0.6) is 0 Å². The van der Waals surface area contributed by atoms with E-state index in [0.717, 1.165) is 23.2 Å². The molecule has 2 rings (SSSR count). The van der Waals surface area contributed by atoms with Crippen molar-refractivity contribution in [3.8, 4) is 0 Å². The first-order valence-corrected chi connectivity index (χ1v) is 7.65. The predicted octanol–water partition coefficient (Wildman–Crippen LogP) is 5.12. The molecule has 1 aromatic carbocycles. The monoisotopic (exact) mass is 424 g/mol. The molecule has 0 saturated carbocycles. The fourth-order valence-electron chi connectivity index (χ4n) is 1.36. The number of thiophene rings is 1. The molecule has 0 radical (unpaired) electrons. The Hall–Kier alpha value is 0.320. The van der Waals surface area contributed by atoms with Crippen molar-refractivity contribution in [1.82, 2.24) is 0 Å². The minimum absolute atomic E-state index is 0.593. The highest BCUT2D eigenvalue weighted by Gasteiger charge is 2.16. The van der Waals surface area contributed by atoms with Crippen LogP contribution >= 0.6 is 59.1 Å². The fraction of sp³-hybridized carbons (Fsp3) is 0.0909. The molecule has 0 saturated heterocycles. The molecular weight excluding hydrogens is 420 g/mol. The van der Waals surface area contributed by atoms with Gasteiger partial charge in [0.2, 0.25) is 0 Å². The molecular formula is C11H7Br3OS. The summed E-state index contributed by atoms with van der Waals surface area (Å²) in [5.74, 6) is 0. The van der Waals surface area contributed by atoms with Crippen LogP contribution in [0.2, 0.25) is 0 Å². The molecule has 0 bridgehead atoms. The molecule has 0 aliphatic heterocycles. The molecule has 5 heteroatoms. The van der Waals surface area contributed by atoms with Gasteiger partial charge < -0.3 is 5.11 Å². The molecule has 16 heavy (non-hydrogen) atoms. The van der Waals surface area contributed by atoms with Gasteiger partial charge in [0.15, 0.2) is 0 Å². The Bertz CT molecular complexity index is 492. The Morgan fingerprint density at radius 3 is 2.19 bits per heavy atom. The van der Waals surface area contributed by atoms with Gasteiger partial charge in [0, 0.05) is 10.0 Å². The second-order valence-corrected chi connectivity index (χ2v) is 7.90. The molecule has 84 valence electrons. The first-order chi connectivity index (χ1) is 7.58. The minimum atomic E-state index is -0.593. The lowest BCUT2D eigenvalue weighted by Gasteiger charge is -2.10. The summed E-state index contributed by atoms with van der Waals surface area (Å²) in [5.41, 5.74) is 1.77. The van der Waals surface area contributed by atoms with Crippen molar-refractivity contribution < 1.29 is 5.11 Å². The number of rotatable bonds is 2. The maximum Gasteiger partial charge on any atom is 0.106 e. The molecule has 2 aromatic rings. The first kappa shape index (κ1) is 12.8. The van der Waals surface area contributed by atoms with Crippen LogP contribution in [0.25, 0.3) is 0 Å². The Morgan fingerprint density at radius 1 is 1.06 bits per heavy atom. The van der Waals surface area contributed by atoms with Crippen LogP contribution in [-0.4, -0.2) is 5.11 Å². The molecule has 1 N–H and O–H groups in total. The Labute approximate surface area is 123 Å². The number of hydrogen-bond donors (Lipinski definition) is 1. The highest BCUT2D eigenvalue weighted by Crippen LogP contribution is 2.37.